The Bertz CT molecular complexity index is 712. The molecule has 1 N–H and O–H groups in total. The van der Waals surface area contributed by atoms with Crippen molar-refractivity contribution in [2.24, 2.45) is 0 Å². The average molecular weight is 405 g/mol. The summed E-state index contributed by atoms with van der Waals surface area (Å²) in [5.74, 6) is -0.339. The quantitative estimate of drug-likeness (QED) is 0.506. The molecule has 2 fully saturated rings. The van der Waals surface area contributed by atoms with Crippen LogP contribution < -0.4 is 5.32 Å². The van der Waals surface area contributed by atoms with E-state index in [-0.39, 0.29) is 18.4 Å². The molecule has 2 saturated heterocycles. The van der Waals surface area contributed by atoms with Gasteiger partial charge in [0.2, 0.25) is 5.91 Å². The average Bonchev–Trinajstić information content (AvgIpc) is 3.26. The number of carbonyl (C=O) groups excluding carboxylic acids is 3. The molecule has 0 aromatic heterocycles. The van der Waals surface area contributed by atoms with E-state index in [1.54, 1.807) is 16.7 Å². The summed E-state index contributed by atoms with van der Waals surface area (Å²) in [7, 11) is 0. The van der Waals surface area contributed by atoms with E-state index in [0.717, 1.165) is 31.2 Å². The summed E-state index contributed by atoms with van der Waals surface area (Å²) in [5.41, 5.74) is 1.03. The minimum atomic E-state index is -0.641. The van der Waals surface area contributed by atoms with Crippen LogP contribution in [0.5, 0.6) is 0 Å². The zero-order chi connectivity index (χ0) is 20.0. The van der Waals surface area contributed by atoms with Crippen molar-refractivity contribution < 1.29 is 19.1 Å². The Hall–Kier alpha value is -2.02. The van der Waals surface area contributed by atoms with E-state index < -0.39 is 16.9 Å². The molecule has 28 heavy (non-hydrogen) atoms. The molecule has 2 aliphatic heterocycles. The third-order valence-electron chi connectivity index (χ3n) is 5.32. The van der Waals surface area contributed by atoms with Gasteiger partial charge in [-0.1, -0.05) is 56.5 Å². The van der Waals surface area contributed by atoms with Crippen LogP contribution in [0, 0.1) is 0 Å². The fourth-order valence-corrected chi connectivity index (χ4v) is 5.52. The van der Waals surface area contributed by atoms with E-state index in [1.807, 2.05) is 30.3 Å². The normalized spacial score (nSPS) is 23.5. The number of amides is 2. The lowest BCUT2D eigenvalue weighted by atomic mass is 10.0. The molecular weight excluding hydrogens is 376 g/mol. The van der Waals surface area contributed by atoms with Crippen LogP contribution in [-0.2, 0) is 24.0 Å². The van der Waals surface area contributed by atoms with Crippen molar-refractivity contribution in [1.82, 2.24) is 10.2 Å². The highest BCUT2D eigenvalue weighted by atomic mass is 32.2. The Morgan fingerprint density at radius 1 is 1.25 bits per heavy atom. The zero-order valence-electron chi connectivity index (χ0n) is 16.3. The number of rotatable bonds is 9. The summed E-state index contributed by atoms with van der Waals surface area (Å²) in [6, 6.07) is 9.19. The van der Waals surface area contributed by atoms with Crippen LogP contribution >= 0.6 is 11.8 Å². The number of fused-ring (bicyclic) bond motifs is 1. The lowest BCUT2D eigenvalue weighted by Gasteiger charge is -2.33. The first-order valence-corrected chi connectivity index (χ1v) is 11.0. The van der Waals surface area contributed by atoms with Crippen LogP contribution in [0.2, 0.25) is 0 Å². The van der Waals surface area contributed by atoms with Gasteiger partial charge in [0.25, 0.3) is 5.91 Å². The van der Waals surface area contributed by atoms with E-state index >= 15 is 0 Å². The minimum Gasteiger partial charge on any atom is -0.454 e. The number of esters is 1. The first-order chi connectivity index (χ1) is 13.6. The van der Waals surface area contributed by atoms with Crippen LogP contribution in [0.15, 0.2) is 30.3 Å². The number of thioether (sulfide) groups is 1. The van der Waals surface area contributed by atoms with Crippen LogP contribution in [0.25, 0.3) is 0 Å². The highest BCUT2D eigenvalue weighted by Gasteiger charge is 2.57. The molecule has 2 amide bonds. The smallest absolute Gasteiger partial charge is 0.330 e. The van der Waals surface area contributed by atoms with Gasteiger partial charge < -0.3 is 15.0 Å². The summed E-state index contributed by atoms with van der Waals surface area (Å²) in [6.45, 7) is 2.43. The van der Waals surface area contributed by atoms with Gasteiger partial charge in [0.15, 0.2) is 6.61 Å². The van der Waals surface area contributed by atoms with E-state index in [2.05, 4.69) is 12.2 Å². The fourth-order valence-electron chi connectivity index (χ4n) is 3.88. The van der Waals surface area contributed by atoms with E-state index in [1.165, 1.54) is 0 Å². The van der Waals surface area contributed by atoms with Crippen molar-refractivity contribution in [3.63, 3.8) is 0 Å². The maximum atomic E-state index is 12.6. The SMILES string of the molecule is CCCCCCNC(=O)COC(=O)[C@H]1CS[C@]2(c3ccccc3)CCC(=O)N12. The molecule has 0 radical (unpaired) electrons. The monoisotopic (exact) mass is 404 g/mol. The Labute approximate surface area is 170 Å². The van der Waals surface area contributed by atoms with Crippen LogP contribution in [0.4, 0.5) is 0 Å². The van der Waals surface area contributed by atoms with Gasteiger partial charge in [-0.25, -0.2) is 4.79 Å². The maximum Gasteiger partial charge on any atom is 0.330 e. The van der Waals surface area contributed by atoms with Gasteiger partial charge in [0, 0.05) is 18.7 Å². The Morgan fingerprint density at radius 3 is 2.79 bits per heavy atom. The van der Waals surface area contributed by atoms with Crippen molar-refractivity contribution in [1.29, 1.82) is 0 Å². The number of hydrogen-bond acceptors (Lipinski definition) is 5. The third-order valence-corrected chi connectivity index (χ3v) is 6.92. The first-order valence-electron chi connectivity index (χ1n) is 10.0. The van der Waals surface area contributed by atoms with Gasteiger partial charge in [0.1, 0.15) is 10.9 Å². The molecule has 7 heteroatoms. The fraction of sp³-hybridized carbons (Fsp3) is 0.571. The van der Waals surface area contributed by atoms with Gasteiger partial charge in [0.05, 0.1) is 0 Å². The number of carbonyl (C=O) groups is 3. The molecule has 1 aromatic rings. The summed E-state index contributed by atoms with van der Waals surface area (Å²) in [4.78, 5) is 38.2. The van der Waals surface area contributed by atoms with E-state index in [4.69, 9.17) is 4.74 Å². The third kappa shape index (κ3) is 4.35. The predicted molar refractivity (Wildman–Crippen MR) is 109 cm³/mol. The van der Waals surface area contributed by atoms with E-state index in [9.17, 15) is 14.4 Å². The summed E-state index contributed by atoms with van der Waals surface area (Å²) < 4.78 is 5.25. The highest BCUT2D eigenvalue weighted by molar-refractivity contribution is 8.00. The molecule has 3 rings (SSSR count). The van der Waals surface area contributed by atoms with Gasteiger partial charge in [-0.3, -0.25) is 9.59 Å². The molecule has 6 nitrogen and oxygen atoms in total. The molecule has 0 spiro atoms. The molecule has 0 aliphatic carbocycles. The number of nitrogens with one attached hydrogen (secondary N) is 1. The largest absolute Gasteiger partial charge is 0.454 e. The highest BCUT2D eigenvalue weighted by Crippen LogP contribution is 2.54. The number of benzene rings is 1. The van der Waals surface area contributed by atoms with E-state index in [0.29, 0.717) is 25.1 Å². The molecule has 0 saturated carbocycles. The van der Waals surface area contributed by atoms with Crippen LogP contribution in [0.1, 0.15) is 51.0 Å². The Kier molecular flexibility index (Phi) is 6.99. The maximum absolute atomic E-state index is 12.6. The van der Waals surface area contributed by atoms with Crippen molar-refractivity contribution in [3.05, 3.63) is 35.9 Å². The number of ether oxygens (including phenoxy) is 1. The van der Waals surface area contributed by atoms with Crippen LogP contribution in [0.3, 0.4) is 0 Å². The Balaban J connectivity index is 1.55. The van der Waals surface area contributed by atoms with Gasteiger partial charge >= 0.3 is 5.97 Å². The second-order valence-electron chi connectivity index (χ2n) is 7.26. The predicted octanol–water partition coefficient (Wildman–Crippen LogP) is 2.82. The Morgan fingerprint density at radius 2 is 2.04 bits per heavy atom. The molecule has 2 atom stereocenters. The standard InChI is InChI=1S/C21H28N2O4S/c1-2-3-4-8-13-22-18(24)14-27-20(26)17-15-28-21(12-11-19(25)23(17)21)16-9-6-5-7-10-16/h5-7,9-10,17H,2-4,8,11-15H2,1H3,(H,22,24)/t17-,21+/m1/s1. The van der Waals surface area contributed by atoms with Crippen molar-refractivity contribution >= 4 is 29.5 Å². The molecule has 152 valence electrons. The first kappa shape index (κ1) is 20.7. The van der Waals surface area contributed by atoms with Gasteiger partial charge in [-0.2, -0.15) is 0 Å². The number of unbranched alkanes of at least 4 members (excludes halogenated alkanes) is 3. The molecule has 2 heterocycles. The van der Waals surface area contributed by atoms with Crippen molar-refractivity contribution in [2.45, 2.75) is 56.4 Å². The molecule has 1 aromatic carbocycles. The second-order valence-corrected chi connectivity index (χ2v) is 8.56. The van der Waals surface area contributed by atoms with Crippen LogP contribution in [-0.4, -0.2) is 47.6 Å². The lowest BCUT2D eigenvalue weighted by Crippen LogP contribution is -2.47. The molecular formula is C21H28N2O4S. The topological polar surface area (TPSA) is 75.7 Å². The summed E-state index contributed by atoms with van der Waals surface area (Å²) in [6.07, 6.45) is 5.40. The summed E-state index contributed by atoms with van der Waals surface area (Å²) >= 11 is 1.61. The molecule has 0 unspecified atom stereocenters. The number of nitrogens with zero attached hydrogens (tertiary/aromatic N) is 1. The van der Waals surface area contributed by atoms with Gasteiger partial charge in [-0.15, -0.1) is 11.8 Å². The second kappa shape index (κ2) is 9.45. The van der Waals surface area contributed by atoms with Crippen molar-refractivity contribution in [2.75, 3.05) is 18.9 Å². The van der Waals surface area contributed by atoms with Gasteiger partial charge in [-0.05, 0) is 18.4 Å². The molecule has 0 bridgehead atoms. The molecule has 2 aliphatic rings. The zero-order valence-corrected chi connectivity index (χ0v) is 17.1. The van der Waals surface area contributed by atoms with Crippen molar-refractivity contribution in [3.8, 4) is 0 Å². The summed E-state index contributed by atoms with van der Waals surface area (Å²) in [5, 5.41) is 2.77. The minimum absolute atomic E-state index is 0.0313. The number of hydrogen-bond donors (Lipinski definition) is 1. The lowest BCUT2D eigenvalue weighted by molar-refractivity contribution is -0.156.